The summed E-state index contributed by atoms with van der Waals surface area (Å²) in [7, 11) is 6.50. The molecule has 0 amide bonds. The maximum atomic E-state index is 2.17. The van der Waals surface area contributed by atoms with E-state index in [0.29, 0.717) is 0 Å². The highest BCUT2D eigenvalue weighted by molar-refractivity contribution is 7.49. The summed E-state index contributed by atoms with van der Waals surface area (Å²) >= 11 is 0. The van der Waals surface area contributed by atoms with Crippen LogP contribution in [0.15, 0.2) is 0 Å². The van der Waals surface area contributed by atoms with E-state index in [1.165, 1.54) is 0 Å². The van der Waals surface area contributed by atoms with Crippen LogP contribution in [0.25, 0.3) is 0 Å². The maximum absolute atomic E-state index is 2.17. The Kier molecular flexibility index (Phi) is 1.67. The van der Waals surface area contributed by atoms with Crippen LogP contribution < -0.4 is 0 Å². The molecule has 0 rings (SSSR count). The average molecular weight is 49.3 g/mol. The molecule has 0 aliphatic heterocycles. The quantitative estimate of drug-likeness (QED) is 0.254. The van der Waals surface area contributed by atoms with Crippen molar-refractivity contribution in [2.75, 3.05) is 0 Å². The van der Waals surface area contributed by atoms with Crippen molar-refractivity contribution in [1.82, 2.24) is 0 Å². The fourth-order valence-corrected chi connectivity index (χ4v) is 0. The molecule has 0 bridgehead atoms. The Labute approximate surface area is 30.6 Å². The molecule has 0 saturated carbocycles. The molecular weight excluding hydrogens is 43.2 g/mol. The Morgan fingerprint density at radius 2 is 1.00 bits per heavy atom. The Hall–Kier alpha value is 0.260. The van der Waals surface area contributed by atoms with E-state index < -0.39 is 0 Å². The summed E-state index contributed by atoms with van der Waals surface area (Å²) in [5.74, 6) is 0. The van der Waals surface area contributed by atoms with E-state index >= 15 is 0 Å². The number of rotatable bonds is 0. The predicted octanol–water partition coefficient (Wildman–Crippen LogP) is -3.13. The first-order chi connectivity index (χ1) is 1.73. The normalized spacial score (nSPS) is 6.00. The van der Waals surface area contributed by atoms with E-state index in [4.69, 9.17) is 0 Å². The zero-order valence-corrected chi connectivity index (χ0v) is 3.58. The summed E-state index contributed by atoms with van der Waals surface area (Å²) in [6, 6.07) is 0. The molecule has 0 aromatic rings. The molecular formula is H6B4. The number of hydrogen-bond donors (Lipinski definition) is 0. The number of hydrogen-bond acceptors (Lipinski definition) is 0. The zero-order valence-electron chi connectivity index (χ0n) is 3.58. The summed E-state index contributed by atoms with van der Waals surface area (Å²) < 4.78 is 0. The van der Waals surface area contributed by atoms with Crippen LogP contribution in [0.4, 0.5) is 0 Å². The first-order valence-corrected chi connectivity index (χ1v) is 1.73. The molecule has 0 saturated heterocycles. The SMILES string of the molecule is BB(B)B. The lowest BCUT2D eigenvalue weighted by Gasteiger charge is -1.69. The van der Waals surface area contributed by atoms with Crippen LogP contribution in [-0.4, -0.2) is 29.6 Å². The van der Waals surface area contributed by atoms with Gasteiger partial charge >= 0.3 is 0 Å². The van der Waals surface area contributed by atoms with Crippen molar-refractivity contribution >= 4 is 29.6 Å². The average Bonchev–Trinajstić information content (AvgIpc) is 0.811. The fourth-order valence-electron chi connectivity index (χ4n) is 0. The van der Waals surface area contributed by atoms with Gasteiger partial charge < -0.3 is 0 Å². The van der Waals surface area contributed by atoms with Crippen LogP contribution >= 0.6 is 0 Å². The Morgan fingerprint density at radius 3 is 1.00 bits per heavy atom. The van der Waals surface area contributed by atoms with Gasteiger partial charge in [0.05, 0.1) is 23.2 Å². The Bertz CT molecular complexity index is 4.75. The molecule has 0 unspecified atom stereocenters. The van der Waals surface area contributed by atoms with Gasteiger partial charge in [-0.2, -0.15) is 0 Å². The van der Waals surface area contributed by atoms with E-state index in [1.807, 2.05) is 0 Å². The van der Waals surface area contributed by atoms with Crippen LogP contribution in [0, 0.1) is 0 Å². The molecule has 0 nitrogen and oxygen atoms in total. The molecule has 0 radical (unpaired) electrons. The molecule has 0 heterocycles. The van der Waals surface area contributed by atoms with E-state index in [9.17, 15) is 0 Å². The molecule has 0 N–H and O–H groups in total. The third-order valence-corrected chi connectivity index (χ3v) is 0. The minimum absolute atomic E-state index is 0.833. The van der Waals surface area contributed by atoms with Crippen molar-refractivity contribution < 1.29 is 0 Å². The lowest BCUT2D eigenvalue weighted by Crippen LogP contribution is -2.11. The first-order valence-electron chi connectivity index (χ1n) is 1.73. The van der Waals surface area contributed by atoms with Gasteiger partial charge in [-0.05, 0) is 0 Å². The van der Waals surface area contributed by atoms with E-state index in [-0.39, 0.29) is 0 Å². The molecule has 4 heteroatoms. The van der Waals surface area contributed by atoms with Crippen molar-refractivity contribution in [3.63, 3.8) is 0 Å². The highest BCUT2D eigenvalue weighted by Gasteiger charge is 1.78. The van der Waals surface area contributed by atoms with Crippen molar-refractivity contribution in [1.29, 1.82) is 0 Å². The van der Waals surface area contributed by atoms with Crippen LogP contribution in [-0.2, 0) is 0 Å². The lowest BCUT2D eigenvalue weighted by molar-refractivity contribution is 4.02. The van der Waals surface area contributed by atoms with Crippen molar-refractivity contribution in [2.45, 2.75) is 0 Å². The van der Waals surface area contributed by atoms with Crippen molar-refractivity contribution in [2.24, 2.45) is 0 Å². The molecule has 0 spiro atoms. The topological polar surface area (TPSA) is 0 Å². The van der Waals surface area contributed by atoms with Crippen LogP contribution in [0.5, 0.6) is 0 Å². The smallest absolute Gasteiger partial charge is 0.0297 e. The first kappa shape index (κ1) is 4.26. The van der Waals surface area contributed by atoms with Gasteiger partial charge in [-0.3, -0.25) is 0 Å². The summed E-state index contributed by atoms with van der Waals surface area (Å²) in [5.41, 5.74) is 0. The standard InChI is InChI=1S/B4H6/c1-4(2)3/h1-3H2. The van der Waals surface area contributed by atoms with E-state index in [0.717, 1.165) is 6.39 Å². The van der Waals surface area contributed by atoms with Crippen LogP contribution in [0.3, 0.4) is 0 Å². The second-order valence-electron chi connectivity index (χ2n) is 1.73. The van der Waals surface area contributed by atoms with Crippen molar-refractivity contribution in [3.8, 4) is 0 Å². The van der Waals surface area contributed by atoms with Gasteiger partial charge in [-0.1, -0.05) is 0 Å². The minimum Gasteiger partial charge on any atom is 0.0297 e. The van der Waals surface area contributed by atoms with Crippen LogP contribution in [0.2, 0.25) is 0 Å². The molecule has 0 aliphatic rings. The Balaban J connectivity index is 2.32. The van der Waals surface area contributed by atoms with Gasteiger partial charge in [0.25, 0.3) is 0 Å². The summed E-state index contributed by atoms with van der Waals surface area (Å²) in [6.07, 6.45) is 0.833. The third kappa shape index (κ3) is 53.2. The molecule has 18 valence electrons. The molecule has 0 aromatic heterocycles. The zero-order chi connectivity index (χ0) is 3.58. The largest absolute Gasteiger partial charge is 0.0560 e. The van der Waals surface area contributed by atoms with Crippen LogP contribution in [0.1, 0.15) is 0 Å². The van der Waals surface area contributed by atoms with Gasteiger partial charge in [-0.15, -0.1) is 0 Å². The predicted molar refractivity (Wildman–Crippen MR) is 31.4 cm³/mol. The third-order valence-electron chi connectivity index (χ3n) is 0. The highest BCUT2D eigenvalue weighted by Crippen LogP contribution is 1.35. The molecule has 0 aliphatic carbocycles. The fraction of sp³-hybridized carbons (Fsp3) is 0. The van der Waals surface area contributed by atoms with Crippen molar-refractivity contribution in [3.05, 3.63) is 0 Å². The second kappa shape index (κ2) is 1.57. The van der Waals surface area contributed by atoms with Gasteiger partial charge in [0, 0.05) is 6.39 Å². The molecule has 0 atom stereocenters. The van der Waals surface area contributed by atoms with Gasteiger partial charge in [-0.25, -0.2) is 0 Å². The summed E-state index contributed by atoms with van der Waals surface area (Å²) in [5, 5.41) is 0. The minimum atomic E-state index is 0.833. The summed E-state index contributed by atoms with van der Waals surface area (Å²) in [6.45, 7) is 0. The molecule has 0 aromatic carbocycles. The van der Waals surface area contributed by atoms with Gasteiger partial charge in [0.15, 0.2) is 0 Å². The highest BCUT2D eigenvalue weighted by atomic mass is 12.5. The summed E-state index contributed by atoms with van der Waals surface area (Å²) in [4.78, 5) is 0. The monoisotopic (exact) mass is 50.1 g/mol. The lowest BCUT2D eigenvalue weighted by atomic mass is 9.08. The second-order valence-corrected chi connectivity index (χ2v) is 1.73. The van der Waals surface area contributed by atoms with E-state index in [2.05, 4.69) is 23.2 Å². The Morgan fingerprint density at radius 1 is 1.00 bits per heavy atom. The molecule has 4 heavy (non-hydrogen) atoms. The molecule has 0 fully saturated rings. The van der Waals surface area contributed by atoms with Gasteiger partial charge in [0.2, 0.25) is 0 Å². The maximum Gasteiger partial charge on any atom is 0.0560 e. The van der Waals surface area contributed by atoms with Gasteiger partial charge in [0.1, 0.15) is 0 Å². The van der Waals surface area contributed by atoms with E-state index in [1.54, 1.807) is 0 Å².